The number of benzene rings is 1. The van der Waals surface area contributed by atoms with Gasteiger partial charge in [-0.1, -0.05) is 13.0 Å². The molecule has 1 atom stereocenters. The average molecular weight is 337 g/mol. The first kappa shape index (κ1) is 13.2. The van der Waals surface area contributed by atoms with Crippen molar-refractivity contribution in [3.05, 3.63) is 32.7 Å². The Morgan fingerprint density at radius 2 is 2.07 bits per heavy atom. The molecule has 0 aliphatic carbocycles. The maximum atomic E-state index is 9.02. The van der Waals surface area contributed by atoms with E-state index >= 15 is 0 Å². The molecule has 15 heavy (non-hydrogen) atoms. The van der Waals surface area contributed by atoms with Crippen molar-refractivity contribution in [2.75, 3.05) is 6.61 Å². The third kappa shape index (κ3) is 4.23. The van der Waals surface area contributed by atoms with E-state index in [2.05, 4.69) is 56.2 Å². The summed E-state index contributed by atoms with van der Waals surface area (Å²) in [4.78, 5) is 0. The Morgan fingerprint density at radius 1 is 1.33 bits per heavy atom. The molecule has 0 saturated heterocycles. The van der Waals surface area contributed by atoms with Gasteiger partial charge in [-0.15, -0.1) is 0 Å². The van der Waals surface area contributed by atoms with Crippen molar-refractivity contribution in [3.63, 3.8) is 0 Å². The van der Waals surface area contributed by atoms with Crippen LogP contribution in [-0.4, -0.2) is 17.8 Å². The molecule has 0 saturated carbocycles. The first-order chi connectivity index (χ1) is 7.17. The molecule has 84 valence electrons. The topological polar surface area (TPSA) is 32.3 Å². The molecule has 0 fully saturated rings. The third-order valence-electron chi connectivity index (χ3n) is 2.29. The van der Waals surface area contributed by atoms with Crippen LogP contribution in [0.25, 0.3) is 0 Å². The molecule has 1 rings (SSSR count). The highest BCUT2D eigenvalue weighted by Crippen LogP contribution is 2.23. The Balaban J connectivity index is 2.54. The van der Waals surface area contributed by atoms with Gasteiger partial charge in [0.1, 0.15) is 0 Å². The summed E-state index contributed by atoms with van der Waals surface area (Å²) in [6.45, 7) is 3.03. The number of hydrogen-bond acceptors (Lipinski definition) is 2. The lowest BCUT2D eigenvalue weighted by molar-refractivity contribution is 0.238. The van der Waals surface area contributed by atoms with E-state index in [0.29, 0.717) is 0 Å². The second-order valence-corrected chi connectivity index (χ2v) is 5.13. The van der Waals surface area contributed by atoms with E-state index in [1.807, 2.05) is 6.07 Å². The number of aliphatic hydroxyl groups excluding tert-OH is 1. The zero-order chi connectivity index (χ0) is 11.3. The van der Waals surface area contributed by atoms with Crippen LogP contribution in [-0.2, 0) is 6.54 Å². The van der Waals surface area contributed by atoms with E-state index in [1.165, 1.54) is 5.56 Å². The van der Waals surface area contributed by atoms with E-state index in [0.717, 1.165) is 21.9 Å². The van der Waals surface area contributed by atoms with Crippen LogP contribution < -0.4 is 5.32 Å². The van der Waals surface area contributed by atoms with Gasteiger partial charge >= 0.3 is 0 Å². The molecule has 0 unspecified atom stereocenters. The van der Waals surface area contributed by atoms with Gasteiger partial charge in [-0.3, -0.25) is 0 Å². The minimum absolute atomic E-state index is 0.187. The molecule has 0 aliphatic rings. The van der Waals surface area contributed by atoms with Gasteiger partial charge < -0.3 is 10.4 Å². The summed E-state index contributed by atoms with van der Waals surface area (Å²) in [5.41, 5.74) is 1.21. The number of aliphatic hydroxyl groups is 1. The Hall–Kier alpha value is 0.1000. The van der Waals surface area contributed by atoms with Gasteiger partial charge in [0.25, 0.3) is 0 Å². The highest BCUT2D eigenvalue weighted by atomic mass is 79.9. The van der Waals surface area contributed by atoms with Crippen LogP contribution >= 0.6 is 31.9 Å². The summed E-state index contributed by atoms with van der Waals surface area (Å²) in [6.07, 6.45) is 0.939. The third-order valence-corrected chi connectivity index (χ3v) is 4.17. The van der Waals surface area contributed by atoms with Crippen LogP contribution in [0.1, 0.15) is 18.9 Å². The quantitative estimate of drug-likeness (QED) is 0.866. The van der Waals surface area contributed by atoms with Crippen molar-refractivity contribution in [1.82, 2.24) is 5.32 Å². The standard InChI is InChI=1S/C11H15Br2NO/c1-2-9(7-15)14-6-8-3-4-10(12)11(13)5-8/h3-5,9,14-15H,2,6-7H2,1H3/t9-/m1/s1. The summed E-state index contributed by atoms with van der Waals surface area (Å²) >= 11 is 6.89. The van der Waals surface area contributed by atoms with E-state index in [1.54, 1.807) is 0 Å². The zero-order valence-electron chi connectivity index (χ0n) is 8.63. The molecule has 0 heterocycles. The fourth-order valence-electron chi connectivity index (χ4n) is 1.25. The summed E-state index contributed by atoms with van der Waals surface area (Å²) in [6, 6.07) is 6.33. The summed E-state index contributed by atoms with van der Waals surface area (Å²) in [5.74, 6) is 0. The van der Waals surface area contributed by atoms with Crippen molar-refractivity contribution in [1.29, 1.82) is 0 Å². The van der Waals surface area contributed by atoms with Crippen LogP contribution in [0, 0.1) is 0 Å². The minimum atomic E-state index is 0.187. The molecule has 0 aromatic heterocycles. The molecule has 0 aliphatic heterocycles. The van der Waals surface area contributed by atoms with E-state index in [9.17, 15) is 0 Å². The van der Waals surface area contributed by atoms with Crippen LogP contribution in [0.4, 0.5) is 0 Å². The molecule has 2 N–H and O–H groups in total. The van der Waals surface area contributed by atoms with Crippen LogP contribution in [0.5, 0.6) is 0 Å². The fourth-order valence-corrected chi connectivity index (χ4v) is 1.92. The highest BCUT2D eigenvalue weighted by molar-refractivity contribution is 9.13. The lowest BCUT2D eigenvalue weighted by Gasteiger charge is -2.14. The van der Waals surface area contributed by atoms with Gasteiger partial charge in [0.15, 0.2) is 0 Å². The van der Waals surface area contributed by atoms with E-state index < -0.39 is 0 Å². The van der Waals surface area contributed by atoms with Crippen molar-refractivity contribution in [2.45, 2.75) is 25.9 Å². The highest BCUT2D eigenvalue weighted by Gasteiger charge is 2.04. The van der Waals surface area contributed by atoms with Gasteiger partial charge in [0.05, 0.1) is 6.61 Å². The monoisotopic (exact) mass is 335 g/mol. The van der Waals surface area contributed by atoms with Crippen LogP contribution in [0.3, 0.4) is 0 Å². The molecular formula is C11H15Br2NO. The Bertz CT molecular complexity index is 313. The number of halogens is 2. The number of hydrogen-bond donors (Lipinski definition) is 2. The number of nitrogens with one attached hydrogen (secondary N) is 1. The molecule has 4 heteroatoms. The first-order valence-electron chi connectivity index (χ1n) is 4.95. The number of rotatable bonds is 5. The first-order valence-corrected chi connectivity index (χ1v) is 6.54. The second kappa shape index (κ2) is 6.63. The Morgan fingerprint density at radius 3 is 2.60 bits per heavy atom. The van der Waals surface area contributed by atoms with Crippen LogP contribution in [0.15, 0.2) is 27.1 Å². The summed E-state index contributed by atoms with van der Waals surface area (Å²) < 4.78 is 2.11. The molecule has 1 aromatic carbocycles. The fraction of sp³-hybridized carbons (Fsp3) is 0.455. The van der Waals surface area contributed by atoms with Gasteiger partial charge in [0, 0.05) is 21.5 Å². The Kier molecular flexibility index (Phi) is 5.82. The van der Waals surface area contributed by atoms with Crippen molar-refractivity contribution in [3.8, 4) is 0 Å². The minimum Gasteiger partial charge on any atom is -0.395 e. The smallest absolute Gasteiger partial charge is 0.0584 e. The van der Waals surface area contributed by atoms with Crippen molar-refractivity contribution >= 4 is 31.9 Å². The van der Waals surface area contributed by atoms with Crippen LogP contribution in [0.2, 0.25) is 0 Å². The molecule has 0 bridgehead atoms. The predicted octanol–water partition coefficient (Wildman–Crippen LogP) is 3.07. The van der Waals surface area contributed by atoms with Gasteiger partial charge in [-0.05, 0) is 56.0 Å². The van der Waals surface area contributed by atoms with E-state index in [-0.39, 0.29) is 12.6 Å². The molecule has 1 aromatic rings. The van der Waals surface area contributed by atoms with Gasteiger partial charge in [0.2, 0.25) is 0 Å². The Labute approximate surface area is 107 Å². The normalized spacial score (nSPS) is 12.8. The summed E-state index contributed by atoms with van der Waals surface area (Å²) in [7, 11) is 0. The van der Waals surface area contributed by atoms with E-state index in [4.69, 9.17) is 5.11 Å². The maximum Gasteiger partial charge on any atom is 0.0584 e. The average Bonchev–Trinajstić information content (AvgIpc) is 2.24. The predicted molar refractivity (Wildman–Crippen MR) is 69.8 cm³/mol. The van der Waals surface area contributed by atoms with Gasteiger partial charge in [-0.25, -0.2) is 0 Å². The molecule has 0 amide bonds. The lowest BCUT2D eigenvalue weighted by atomic mass is 10.2. The molecule has 2 nitrogen and oxygen atoms in total. The SMILES string of the molecule is CC[C@H](CO)NCc1ccc(Br)c(Br)c1. The van der Waals surface area contributed by atoms with Crippen molar-refractivity contribution < 1.29 is 5.11 Å². The largest absolute Gasteiger partial charge is 0.395 e. The zero-order valence-corrected chi connectivity index (χ0v) is 11.8. The maximum absolute atomic E-state index is 9.02. The van der Waals surface area contributed by atoms with Crippen molar-refractivity contribution in [2.24, 2.45) is 0 Å². The second-order valence-electron chi connectivity index (χ2n) is 3.42. The molecular weight excluding hydrogens is 322 g/mol. The molecule has 0 spiro atoms. The lowest BCUT2D eigenvalue weighted by Crippen LogP contribution is -2.31. The summed E-state index contributed by atoms with van der Waals surface area (Å²) in [5, 5.41) is 12.3. The molecule has 0 radical (unpaired) electrons. The van der Waals surface area contributed by atoms with Gasteiger partial charge in [-0.2, -0.15) is 0 Å².